The van der Waals surface area contributed by atoms with Gasteiger partial charge in [-0.1, -0.05) is 0 Å². The van der Waals surface area contributed by atoms with Gasteiger partial charge in [-0.3, -0.25) is 29.0 Å². The maximum Gasteiger partial charge on any atom is 0.418 e. The number of aromatic nitrogens is 2. The van der Waals surface area contributed by atoms with Gasteiger partial charge in [0.1, 0.15) is 0 Å². The van der Waals surface area contributed by atoms with Crippen molar-refractivity contribution in [2.45, 2.75) is 38.5 Å². The third-order valence-corrected chi connectivity index (χ3v) is 11.3. The molecule has 4 heterocycles. The number of imide groups is 2. The monoisotopic (exact) mass is 700 g/mol. The first-order valence-corrected chi connectivity index (χ1v) is 17.1. The Balaban J connectivity index is 0.953. The van der Waals surface area contributed by atoms with Crippen LogP contribution in [0.2, 0.25) is 0 Å². The lowest BCUT2D eigenvalue weighted by molar-refractivity contribution is -0.142. The van der Waals surface area contributed by atoms with Gasteiger partial charge >= 0.3 is 12.2 Å². The summed E-state index contributed by atoms with van der Waals surface area (Å²) in [6.07, 6.45) is 0.316. The van der Waals surface area contributed by atoms with Crippen LogP contribution in [-0.2, 0) is 54.3 Å². The van der Waals surface area contributed by atoms with E-state index in [2.05, 4.69) is 12.1 Å². The van der Waals surface area contributed by atoms with Gasteiger partial charge in [0, 0.05) is 48.1 Å². The van der Waals surface area contributed by atoms with Gasteiger partial charge in [0.25, 0.3) is 0 Å². The first-order chi connectivity index (χ1) is 25.1. The zero-order valence-electron chi connectivity index (χ0n) is 28.4. The fourth-order valence-corrected chi connectivity index (χ4v) is 8.90. The van der Waals surface area contributed by atoms with Crippen LogP contribution < -0.4 is 0 Å². The van der Waals surface area contributed by atoms with Crippen LogP contribution in [0.4, 0.5) is 9.59 Å². The third kappa shape index (κ3) is 4.67. The number of hydrogen-bond acceptors (Lipinski definition) is 10. The predicted molar refractivity (Wildman–Crippen MR) is 180 cm³/mol. The van der Waals surface area contributed by atoms with Gasteiger partial charge in [-0.15, -0.1) is 0 Å². The second-order valence-corrected chi connectivity index (χ2v) is 13.8. The predicted octanol–water partition coefficient (Wildman–Crippen LogP) is 3.45. The van der Waals surface area contributed by atoms with Crippen LogP contribution in [0.3, 0.4) is 0 Å². The number of methoxy groups -OCH3 is 2. The molecule has 2 fully saturated rings. The summed E-state index contributed by atoms with van der Waals surface area (Å²) in [5.41, 5.74) is 4.61. The van der Waals surface area contributed by atoms with E-state index in [1.165, 1.54) is 33.2 Å². The molecular formula is C38H32N6O8. The van der Waals surface area contributed by atoms with Crippen molar-refractivity contribution in [2.24, 2.45) is 23.7 Å². The fraction of sp³-hybridized carbons (Fsp3) is 0.368. The van der Waals surface area contributed by atoms with Gasteiger partial charge in [0.05, 0.1) is 72.2 Å². The quantitative estimate of drug-likeness (QED) is 0.221. The lowest BCUT2D eigenvalue weighted by Crippen LogP contribution is -2.34. The normalized spacial score (nSPS) is 21.8. The van der Waals surface area contributed by atoms with E-state index in [-0.39, 0.29) is 62.4 Å². The van der Waals surface area contributed by atoms with Crippen LogP contribution in [0.5, 0.6) is 0 Å². The van der Waals surface area contributed by atoms with Crippen LogP contribution in [0, 0.1) is 46.3 Å². The Morgan fingerprint density at radius 3 is 1.35 bits per heavy atom. The number of amides is 4. The first kappa shape index (κ1) is 32.9. The highest BCUT2D eigenvalue weighted by Crippen LogP contribution is 2.44. The number of likely N-dealkylation sites (tertiary alicyclic amines) is 2. The summed E-state index contributed by atoms with van der Waals surface area (Å²) in [6.45, 7) is 0.243. The Morgan fingerprint density at radius 2 is 1.00 bits per heavy atom. The highest BCUT2D eigenvalue weighted by atomic mass is 16.5. The molecule has 4 unspecified atom stereocenters. The number of nitriles is 2. The average molecular weight is 701 g/mol. The van der Waals surface area contributed by atoms with Crippen LogP contribution in [0.15, 0.2) is 36.4 Å². The molecule has 2 aliphatic heterocycles. The van der Waals surface area contributed by atoms with Crippen molar-refractivity contribution in [3.63, 3.8) is 0 Å². The highest BCUT2D eigenvalue weighted by molar-refractivity contribution is 6.08. The Kier molecular flexibility index (Phi) is 7.72. The van der Waals surface area contributed by atoms with Crippen LogP contribution in [0.25, 0.3) is 21.8 Å². The van der Waals surface area contributed by atoms with E-state index in [0.717, 1.165) is 11.1 Å². The summed E-state index contributed by atoms with van der Waals surface area (Å²) in [7, 11) is 2.54. The standard InChI is InChI=1S/C38H32N6O8/c1-51-37(49)43-29-7-5-19(17-39)11-21(29)23-13-25-27(15-31(23)43)35(47)41(33(25)45)9-3-4-10-42-34(46)26-14-24-22-12-20(18-40)6-8-30(22)44(38(50)52-2)32(24)16-28(26)36(42)48/h5-8,11-12,25-28H,3-4,9-10,13-16H2,1-2H3. The van der Waals surface area contributed by atoms with Crippen LogP contribution in [-0.4, -0.2) is 82.1 Å². The number of fused-ring (bicyclic) bond motifs is 8. The summed E-state index contributed by atoms with van der Waals surface area (Å²) in [5.74, 6) is -3.77. The molecule has 0 N–H and O–H groups in total. The Morgan fingerprint density at radius 1 is 0.635 bits per heavy atom. The molecule has 4 aliphatic rings. The van der Waals surface area contributed by atoms with E-state index < -0.39 is 35.9 Å². The van der Waals surface area contributed by atoms with E-state index in [1.807, 2.05) is 0 Å². The number of carbonyl (C=O) groups excluding carboxylic acids is 6. The molecule has 0 spiro atoms. The van der Waals surface area contributed by atoms with E-state index in [4.69, 9.17) is 9.47 Å². The number of nitrogens with zero attached hydrogens (tertiary/aromatic N) is 6. The fourth-order valence-electron chi connectivity index (χ4n) is 8.90. The largest absolute Gasteiger partial charge is 0.452 e. The number of ether oxygens (including phenoxy) is 2. The zero-order valence-corrected chi connectivity index (χ0v) is 28.4. The minimum absolute atomic E-state index is 0.121. The molecule has 0 radical (unpaired) electrons. The van der Waals surface area contributed by atoms with Crippen molar-refractivity contribution >= 4 is 57.6 Å². The molecule has 262 valence electrons. The Labute approximate surface area is 296 Å². The molecule has 2 aromatic heterocycles. The zero-order chi connectivity index (χ0) is 36.6. The van der Waals surface area contributed by atoms with E-state index >= 15 is 0 Å². The number of benzene rings is 2. The molecular weight excluding hydrogens is 668 g/mol. The number of unbranched alkanes of at least 4 members (excludes halogenated alkanes) is 1. The maximum absolute atomic E-state index is 13.6. The van der Waals surface area contributed by atoms with Gasteiger partial charge < -0.3 is 9.47 Å². The Hall–Kier alpha value is -6.28. The van der Waals surface area contributed by atoms with Gasteiger partial charge in [-0.25, -0.2) is 18.7 Å². The van der Waals surface area contributed by atoms with E-state index in [0.29, 0.717) is 57.2 Å². The smallest absolute Gasteiger partial charge is 0.418 e. The Bertz CT molecular complexity index is 2230. The third-order valence-electron chi connectivity index (χ3n) is 11.3. The van der Waals surface area contributed by atoms with Gasteiger partial charge in [0.2, 0.25) is 23.6 Å². The molecule has 4 atom stereocenters. The van der Waals surface area contributed by atoms with Gasteiger partial charge in [0.15, 0.2) is 0 Å². The summed E-state index contributed by atoms with van der Waals surface area (Å²) in [6, 6.07) is 14.2. The summed E-state index contributed by atoms with van der Waals surface area (Å²) in [5, 5.41) is 20.3. The summed E-state index contributed by atoms with van der Waals surface area (Å²) in [4.78, 5) is 82.7. The van der Waals surface area contributed by atoms with Gasteiger partial charge in [-0.2, -0.15) is 10.5 Å². The maximum atomic E-state index is 13.6. The molecule has 14 heteroatoms. The highest BCUT2D eigenvalue weighted by Gasteiger charge is 2.52. The molecule has 14 nitrogen and oxygen atoms in total. The molecule has 0 bridgehead atoms. The molecule has 2 aromatic carbocycles. The first-order valence-electron chi connectivity index (χ1n) is 17.1. The summed E-state index contributed by atoms with van der Waals surface area (Å²) < 4.78 is 12.9. The second-order valence-electron chi connectivity index (χ2n) is 13.8. The number of hydrogen-bond donors (Lipinski definition) is 0. The number of rotatable bonds is 5. The van der Waals surface area contributed by atoms with Crippen molar-refractivity contribution in [3.05, 3.63) is 70.0 Å². The lowest BCUT2D eigenvalue weighted by Gasteiger charge is -2.23. The number of carbonyl (C=O) groups is 6. The van der Waals surface area contributed by atoms with Crippen LogP contribution >= 0.6 is 0 Å². The van der Waals surface area contributed by atoms with Crippen LogP contribution in [0.1, 0.15) is 46.5 Å². The SMILES string of the molecule is COC(=O)n1c2c(c3cc(C#N)ccc31)CC1C(=O)N(CCCCN3C(=O)C4Cc5c(n(C(=O)OC)c6ccc(C#N)cc56)CC4C3=O)C(=O)C1C2. The van der Waals surface area contributed by atoms with Gasteiger partial charge in [-0.05, 0) is 73.2 Å². The minimum atomic E-state index is -0.651. The molecule has 2 aliphatic carbocycles. The van der Waals surface area contributed by atoms with Crippen molar-refractivity contribution in [3.8, 4) is 12.1 Å². The van der Waals surface area contributed by atoms with Crippen molar-refractivity contribution in [1.82, 2.24) is 18.9 Å². The van der Waals surface area contributed by atoms with Crippen molar-refractivity contribution in [2.75, 3.05) is 27.3 Å². The molecule has 52 heavy (non-hydrogen) atoms. The van der Waals surface area contributed by atoms with Crippen molar-refractivity contribution < 1.29 is 38.2 Å². The summed E-state index contributed by atoms with van der Waals surface area (Å²) >= 11 is 0. The topological polar surface area (TPSA) is 185 Å². The lowest BCUT2D eigenvalue weighted by atomic mass is 9.79. The molecule has 4 aromatic rings. The molecule has 8 rings (SSSR count). The average Bonchev–Trinajstić information content (AvgIpc) is 3.81. The minimum Gasteiger partial charge on any atom is -0.452 e. The molecule has 4 amide bonds. The molecule has 2 saturated heterocycles. The second kappa shape index (κ2) is 12.2. The van der Waals surface area contributed by atoms with E-state index in [9.17, 15) is 39.3 Å². The van der Waals surface area contributed by atoms with Crippen molar-refractivity contribution in [1.29, 1.82) is 10.5 Å². The molecule has 0 saturated carbocycles. The van der Waals surface area contributed by atoms with E-state index in [1.54, 1.807) is 36.4 Å².